The van der Waals surface area contributed by atoms with E-state index in [1.54, 1.807) is 0 Å². The Kier molecular flexibility index (Phi) is 5.69. The van der Waals surface area contributed by atoms with Gasteiger partial charge in [-0.05, 0) is 28.8 Å². The van der Waals surface area contributed by atoms with Crippen molar-refractivity contribution in [2.45, 2.75) is 13.1 Å². The summed E-state index contributed by atoms with van der Waals surface area (Å²) in [5.41, 5.74) is 5.51. The van der Waals surface area contributed by atoms with Crippen molar-refractivity contribution in [2.75, 3.05) is 0 Å². The maximum Gasteiger partial charge on any atom is 0.159 e. The zero-order valence-corrected chi connectivity index (χ0v) is 18.6. The molecule has 3 nitrogen and oxygen atoms in total. The normalized spacial score (nSPS) is 16.0. The summed E-state index contributed by atoms with van der Waals surface area (Å²) in [6.07, 6.45) is 3.62. The van der Waals surface area contributed by atoms with Crippen molar-refractivity contribution in [1.29, 1.82) is 0 Å². The fourth-order valence-electron chi connectivity index (χ4n) is 4.26. The molecule has 0 bridgehead atoms. The number of hydrogen-bond donors (Lipinski definition) is 1. The summed E-state index contributed by atoms with van der Waals surface area (Å²) in [6, 6.07) is 33.2. The van der Waals surface area contributed by atoms with Gasteiger partial charge in [-0.25, -0.2) is 9.98 Å². The van der Waals surface area contributed by atoms with Crippen LogP contribution >= 0.6 is 0 Å². The molecule has 3 heteroatoms. The molecule has 0 fully saturated rings. The standard InChI is InChI=1S/C30H25N3/c1-3-12-21(2)25-19-10-17-22-18-11-20-26(27(22)25)30-32-28(23-13-6-4-7-14-23)31-29(33-30)24-15-8-5-9-16-24/h3-20,30H,1H2,2H3,(H,31,32,33)/b21-12+. The van der Waals surface area contributed by atoms with Gasteiger partial charge in [0.25, 0.3) is 0 Å². The third-order valence-corrected chi connectivity index (χ3v) is 5.85. The lowest BCUT2D eigenvalue weighted by molar-refractivity contribution is 0.679. The van der Waals surface area contributed by atoms with Crippen LogP contribution in [0.15, 0.2) is 126 Å². The molecule has 1 aliphatic heterocycles. The lowest BCUT2D eigenvalue weighted by atomic mass is 9.93. The molecule has 1 atom stereocenters. The predicted molar refractivity (Wildman–Crippen MR) is 140 cm³/mol. The number of rotatable bonds is 5. The average molecular weight is 428 g/mol. The van der Waals surface area contributed by atoms with E-state index >= 15 is 0 Å². The first-order valence-corrected chi connectivity index (χ1v) is 11.1. The SMILES string of the molecule is C=C/C=C(\C)c1cccc2cccc(C3N=C(c4ccccc4)N=C(c4ccccc4)N3)c12. The zero-order valence-electron chi connectivity index (χ0n) is 18.6. The van der Waals surface area contributed by atoms with Crippen LogP contribution < -0.4 is 5.32 Å². The molecule has 5 rings (SSSR count). The molecule has 1 aliphatic rings. The van der Waals surface area contributed by atoms with Crippen molar-refractivity contribution >= 4 is 28.0 Å². The summed E-state index contributed by atoms with van der Waals surface area (Å²) >= 11 is 0. The molecule has 1 heterocycles. The van der Waals surface area contributed by atoms with Crippen molar-refractivity contribution in [3.63, 3.8) is 0 Å². The van der Waals surface area contributed by atoms with Gasteiger partial charge >= 0.3 is 0 Å². The van der Waals surface area contributed by atoms with Gasteiger partial charge in [0, 0.05) is 16.7 Å². The highest BCUT2D eigenvalue weighted by molar-refractivity contribution is 6.13. The Hall–Kier alpha value is -4.24. The van der Waals surface area contributed by atoms with Crippen molar-refractivity contribution < 1.29 is 0 Å². The van der Waals surface area contributed by atoms with Gasteiger partial charge in [-0.1, -0.05) is 116 Å². The molecule has 1 unspecified atom stereocenters. The average Bonchev–Trinajstić information content (AvgIpc) is 2.89. The van der Waals surface area contributed by atoms with Crippen LogP contribution in [0.2, 0.25) is 0 Å². The monoisotopic (exact) mass is 427 g/mol. The molecule has 1 N–H and O–H groups in total. The fraction of sp³-hybridized carbons (Fsp3) is 0.0667. The van der Waals surface area contributed by atoms with Gasteiger partial charge in [-0.15, -0.1) is 0 Å². The van der Waals surface area contributed by atoms with Gasteiger partial charge in [-0.2, -0.15) is 0 Å². The summed E-state index contributed by atoms with van der Waals surface area (Å²) in [5, 5.41) is 5.98. The van der Waals surface area contributed by atoms with E-state index in [1.165, 1.54) is 21.9 Å². The molecule has 0 saturated heterocycles. The number of fused-ring (bicyclic) bond motifs is 1. The van der Waals surface area contributed by atoms with Gasteiger partial charge in [-0.3, -0.25) is 0 Å². The summed E-state index contributed by atoms with van der Waals surface area (Å²) < 4.78 is 0. The van der Waals surface area contributed by atoms with Crippen molar-refractivity contribution in [2.24, 2.45) is 9.98 Å². The van der Waals surface area contributed by atoms with Crippen molar-refractivity contribution in [3.8, 4) is 0 Å². The van der Waals surface area contributed by atoms with Crippen LogP contribution in [0.1, 0.15) is 35.3 Å². The summed E-state index contributed by atoms with van der Waals surface area (Å²) in [4.78, 5) is 9.97. The Labute approximate surface area is 194 Å². The molecule has 4 aromatic rings. The van der Waals surface area contributed by atoms with Crippen molar-refractivity contribution in [3.05, 3.63) is 138 Å². The lowest BCUT2D eigenvalue weighted by Gasteiger charge is -2.25. The molecular formula is C30H25N3. The van der Waals surface area contributed by atoms with Crippen LogP contribution in [0.4, 0.5) is 0 Å². The van der Waals surface area contributed by atoms with E-state index in [9.17, 15) is 0 Å². The Morgan fingerprint density at radius 1 is 0.818 bits per heavy atom. The second kappa shape index (κ2) is 9.09. The zero-order chi connectivity index (χ0) is 22.6. The minimum absolute atomic E-state index is 0.269. The third-order valence-electron chi connectivity index (χ3n) is 5.85. The summed E-state index contributed by atoms with van der Waals surface area (Å²) in [5.74, 6) is 1.55. The Bertz CT molecular complexity index is 1390. The molecule has 0 amide bonds. The number of amidine groups is 2. The minimum atomic E-state index is -0.269. The number of benzene rings is 4. The van der Waals surface area contributed by atoms with E-state index in [0.29, 0.717) is 0 Å². The maximum absolute atomic E-state index is 5.07. The first-order valence-electron chi connectivity index (χ1n) is 11.1. The first-order chi connectivity index (χ1) is 16.2. The predicted octanol–water partition coefficient (Wildman–Crippen LogP) is 6.92. The van der Waals surface area contributed by atoms with E-state index in [1.807, 2.05) is 42.5 Å². The van der Waals surface area contributed by atoms with E-state index in [2.05, 4.69) is 85.6 Å². The number of allylic oxidation sites excluding steroid dienone is 3. The molecular weight excluding hydrogens is 402 g/mol. The highest BCUT2D eigenvalue weighted by Gasteiger charge is 2.23. The smallest absolute Gasteiger partial charge is 0.159 e. The van der Waals surface area contributed by atoms with Crippen LogP contribution in [0, 0.1) is 0 Å². The van der Waals surface area contributed by atoms with Gasteiger partial charge in [0.1, 0.15) is 12.0 Å². The number of aliphatic imine (C=N–C) groups is 2. The van der Waals surface area contributed by atoms with Crippen LogP contribution in [0.3, 0.4) is 0 Å². The van der Waals surface area contributed by atoms with Crippen LogP contribution in [-0.2, 0) is 0 Å². The quantitative estimate of drug-likeness (QED) is 0.345. The molecule has 0 saturated carbocycles. The third kappa shape index (κ3) is 4.13. The molecule has 0 aliphatic carbocycles. The highest BCUT2D eigenvalue weighted by atomic mass is 15.2. The Balaban J connectivity index is 1.70. The Morgan fingerprint density at radius 3 is 2.18 bits per heavy atom. The van der Waals surface area contributed by atoms with Gasteiger partial charge in [0.15, 0.2) is 5.84 Å². The molecule has 160 valence electrons. The molecule has 0 radical (unpaired) electrons. The van der Waals surface area contributed by atoms with E-state index in [4.69, 9.17) is 9.98 Å². The number of nitrogens with one attached hydrogen (secondary N) is 1. The van der Waals surface area contributed by atoms with Crippen molar-refractivity contribution in [1.82, 2.24) is 5.32 Å². The second-order valence-electron chi connectivity index (χ2n) is 8.03. The highest BCUT2D eigenvalue weighted by Crippen LogP contribution is 2.33. The topological polar surface area (TPSA) is 36.8 Å². The number of hydrogen-bond acceptors (Lipinski definition) is 3. The van der Waals surface area contributed by atoms with Crippen LogP contribution in [0.5, 0.6) is 0 Å². The van der Waals surface area contributed by atoms with Gasteiger partial charge in [0.2, 0.25) is 0 Å². The second-order valence-corrected chi connectivity index (χ2v) is 8.03. The van der Waals surface area contributed by atoms with E-state index in [0.717, 1.165) is 28.4 Å². The number of nitrogens with zero attached hydrogens (tertiary/aromatic N) is 2. The first kappa shape index (κ1) is 20.7. The molecule has 33 heavy (non-hydrogen) atoms. The minimum Gasteiger partial charge on any atom is -0.344 e. The maximum atomic E-state index is 5.07. The Morgan fingerprint density at radius 2 is 1.48 bits per heavy atom. The lowest BCUT2D eigenvalue weighted by Crippen LogP contribution is -2.33. The molecule has 4 aromatic carbocycles. The van der Waals surface area contributed by atoms with E-state index < -0.39 is 0 Å². The van der Waals surface area contributed by atoms with Gasteiger partial charge in [0.05, 0.1) is 0 Å². The van der Waals surface area contributed by atoms with Gasteiger partial charge < -0.3 is 5.32 Å². The molecule has 0 aromatic heterocycles. The van der Waals surface area contributed by atoms with Crippen LogP contribution in [-0.4, -0.2) is 11.7 Å². The van der Waals surface area contributed by atoms with Crippen LogP contribution in [0.25, 0.3) is 16.3 Å². The summed E-state index contributed by atoms with van der Waals surface area (Å²) in [7, 11) is 0. The fourth-order valence-corrected chi connectivity index (χ4v) is 4.26. The molecule has 0 spiro atoms. The van der Waals surface area contributed by atoms with E-state index in [-0.39, 0.29) is 6.17 Å². The summed E-state index contributed by atoms with van der Waals surface area (Å²) in [6.45, 7) is 6.00. The largest absolute Gasteiger partial charge is 0.344 e.